The van der Waals surface area contributed by atoms with Crippen LogP contribution in [0, 0.1) is 17.2 Å². The van der Waals surface area contributed by atoms with E-state index in [0.29, 0.717) is 12.3 Å². The lowest BCUT2D eigenvalue weighted by molar-refractivity contribution is -0.162. The van der Waals surface area contributed by atoms with Crippen molar-refractivity contribution in [2.24, 2.45) is 11.7 Å². The van der Waals surface area contributed by atoms with Crippen LogP contribution in [-0.2, 0) is 9.53 Å². The average molecular weight is 266 g/mol. The summed E-state index contributed by atoms with van der Waals surface area (Å²) in [6.45, 7) is 5.45. The fraction of sp³-hybridized carbons (Fsp3) is 0.867. The molecule has 0 amide bonds. The molecule has 4 heteroatoms. The van der Waals surface area contributed by atoms with Gasteiger partial charge in [0.15, 0.2) is 0 Å². The van der Waals surface area contributed by atoms with E-state index in [1.165, 1.54) is 19.3 Å². The highest BCUT2D eigenvalue weighted by molar-refractivity contribution is 5.81. The third-order valence-corrected chi connectivity index (χ3v) is 3.58. The van der Waals surface area contributed by atoms with Gasteiger partial charge in [0.1, 0.15) is 11.1 Å². The molecule has 1 fully saturated rings. The molecule has 0 heterocycles. The van der Waals surface area contributed by atoms with Crippen LogP contribution in [0.3, 0.4) is 0 Å². The van der Waals surface area contributed by atoms with Crippen molar-refractivity contribution in [1.29, 1.82) is 5.26 Å². The van der Waals surface area contributed by atoms with Crippen LogP contribution in [0.15, 0.2) is 0 Å². The van der Waals surface area contributed by atoms with E-state index < -0.39 is 17.1 Å². The number of carbonyl (C=O) groups excluding carboxylic acids is 1. The Morgan fingerprint density at radius 1 is 1.32 bits per heavy atom. The highest BCUT2D eigenvalue weighted by Gasteiger charge is 2.40. The molecule has 1 aliphatic rings. The fourth-order valence-corrected chi connectivity index (χ4v) is 2.65. The first-order valence-electron chi connectivity index (χ1n) is 7.16. The third-order valence-electron chi connectivity index (χ3n) is 3.58. The summed E-state index contributed by atoms with van der Waals surface area (Å²) in [6, 6.07) is 2.04. The van der Waals surface area contributed by atoms with Crippen molar-refractivity contribution in [2.45, 2.75) is 76.9 Å². The van der Waals surface area contributed by atoms with Gasteiger partial charge in [-0.1, -0.05) is 32.1 Å². The maximum atomic E-state index is 12.2. The normalized spacial score (nSPS) is 20.4. The van der Waals surface area contributed by atoms with Crippen molar-refractivity contribution in [3.05, 3.63) is 0 Å². The van der Waals surface area contributed by atoms with Gasteiger partial charge in [-0.2, -0.15) is 5.26 Å². The number of hydrogen-bond donors (Lipinski definition) is 1. The van der Waals surface area contributed by atoms with Gasteiger partial charge in [-0.15, -0.1) is 0 Å². The van der Waals surface area contributed by atoms with Crippen LogP contribution in [0.25, 0.3) is 0 Å². The number of nitrogens with two attached hydrogens (primary N) is 1. The monoisotopic (exact) mass is 266 g/mol. The smallest absolute Gasteiger partial charge is 0.327 e. The number of ether oxygens (including phenoxy) is 1. The second-order valence-corrected chi connectivity index (χ2v) is 6.70. The minimum atomic E-state index is -1.15. The topological polar surface area (TPSA) is 76.1 Å². The van der Waals surface area contributed by atoms with Gasteiger partial charge in [-0.3, -0.25) is 0 Å². The molecule has 0 aliphatic heterocycles. The van der Waals surface area contributed by atoms with Gasteiger partial charge in [0.2, 0.25) is 0 Å². The van der Waals surface area contributed by atoms with Crippen LogP contribution in [0.2, 0.25) is 0 Å². The van der Waals surface area contributed by atoms with E-state index in [1.807, 2.05) is 26.8 Å². The summed E-state index contributed by atoms with van der Waals surface area (Å²) in [5.41, 5.74) is 4.48. The number of nitrogens with zero attached hydrogens (tertiary/aromatic N) is 1. The van der Waals surface area contributed by atoms with Gasteiger partial charge in [0.05, 0.1) is 12.5 Å². The van der Waals surface area contributed by atoms with Crippen molar-refractivity contribution < 1.29 is 9.53 Å². The van der Waals surface area contributed by atoms with Gasteiger partial charge in [-0.05, 0) is 33.1 Å². The largest absolute Gasteiger partial charge is 0.459 e. The average Bonchev–Trinajstić information content (AvgIpc) is 2.28. The molecule has 0 saturated heterocycles. The van der Waals surface area contributed by atoms with E-state index in [0.717, 1.165) is 12.8 Å². The minimum Gasteiger partial charge on any atom is -0.459 e. The molecule has 1 unspecified atom stereocenters. The van der Waals surface area contributed by atoms with Crippen LogP contribution in [0.4, 0.5) is 0 Å². The molecule has 1 rings (SSSR count). The Hall–Kier alpha value is -1.08. The zero-order chi connectivity index (χ0) is 14.5. The first kappa shape index (κ1) is 16.0. The maximum absolute atomic E-state index is 12.2. The fourth-order valence-electron chi connectivity index (χ4n) is 2.65. The predicted molar refractivity (Wildman–Crippen MR) is 74.2 cm³/mol. The molecule has 19 heavy (non-hydrogen) atoms. The van der Waals surface area contributed by atoms with Crippen LogP contribution in [0.5, 0.6) is 0 Å². The molecule has 0 aromatic heterocycles. The summed E-state index contributed by atoms with van der Waals surface area (Å²) >= 11 is 0. The predicted octanol–water partition coefficient (Wildman–Crippen LogP) is 2.91. The van der Waals surface area contributed by atoms with Gasteiger partial charge in [0, 0.05) is 0 Å². The summed E-state index contributed by atoms with van der Waals surface area (Å²) in [5.74, 6) is 0.00624. The maximum Gasteiger partial charge on any atom is 0.327 e. The van der Waals surface area contributed by atoms with Gasteiger partial charge in [0.25, 0.3) is 0 Å². The molecule has 0 spiro atoms. The molecule has 108 valence electrons. The Labute approximate surface area is 116 Å². The number of esters is 1. The second kappa shape index (κ2) is 6.38. The quantitative estimate of drug-likeness (QED) is 0.794. The molecule has 0 aromatic rings. The Kier molecular flexibility index (Phi) is 5.37. The molecular formula is C15H26N2O2. The SMILES string of the molecule is CC(C)(C)OC(=O)C(N)(CC#N)CC1CCCCC1. The molecule has 0 aromatic carbocycles. The van der Waals surface area contributed by atoms with E-state index in [4.69, 9.17) is 15.7 Å². The molecule has 4 nitrogen and oxygen atoms in total. The molecule has 0 bridgehead atoms. The van der Waals surface area contributed by atoms with Crippen LogP contribution in [0.1, 0.15) is 65.7 Å². The van der Waals surface area contributed by atoms with Gasteiger partial charge in [-0.25, -0.2) is 4.79 Å². The first-order valence-corrected chi connectivity index (χ1v) is 7.16. The van der Waals surface area contributed by atoms with Crippen LogP contribution >= 0.6 is 0 Å². The molecule has 1 saturated carbocycles. The van der Waals surface area contributed by atoms with Gasteiger partial charge >= 0.3 is 5.97 Å². The third kappa shape index (κ3) is 5.20. The van der Waals surface area contributed by atoms with Crippen molar-refractivity contribution in [1.82, 2.24) is 0 Å². The highest BCUT2D eigenvalue weighted by Crippen LogP contribution is 2.32. The van der Waals surface area contributed by atoms with Crippen LogP contribution < -0.4 is 5.73 Å². The van der Waals surface area contributed by atoms with Gasteiger partial charge < -0.3 is 10.5 Å². The molecule has 1 atom stereocenters. The number of carbonyl (C=O) groups is 1. The lowest BCUT2D eigenvalue weighted by atomic mass is 9.78. The number of nitriles is 1. The Bertz CT molecular complexity index is 348. The summed E-state index contributed by atoms with van der Waals surface area (Å²) in [4.78, 5) is 12.2. The van der Waals surface area contributed by atoms with Crippen molar-refractivity contribution >= 4 is 5.97 Å². The summed E-state index contributed by atoms with van der Waals surface area (Å²) in [5, 5.41) is 8.94. The lowest BCUT2D eigenvalue weighted by Crippen LogP contribution is -2.52. The second-order valence-electron chi connectivity index (χ2n) is 6.70. The zero-order valence-electron chi connectivity index (χ0n) is 12.4. The van der Waals surface area contributed by atoms with E-state index in [1.54, 1.807) is 0 Å². The van der Waals surface area contributed by atoms with Crippen molar-refractivity contribution in [3.8, 4) is 6.07 Å². The Morgan fingerprint density at radius 3 is 2.37 bits per heavy atom. The molecular weight excluding hydrogens is 240 g/mol. The standard InChI is InChI=1S/C15H26N2O2/c1-14(2,3)19-13(18)15(17,9-10-16)11-12-7-5-4-6-8-12/h12H,4-9,11,17H2,1-3H3. The van der Waals surface area contributed by atoms with Crippen LogP contribution in [-0.4, -0.2) is 17.1 Å². The Balaban J connectivity index is 2.72. The van der Waals surface area contributed by atoms with E-state index in [-0.39, 0.29) is 6.42 Å². The molecule has 0 radical (unpaired) electrons. The molecule has 1 aliphatic carbocycles. The van der Waals surface area contributed by atoms with Crippen molar-refractivity contribution in [2.75, 3.05) is 0 Å². The number of hydrogen-bond acceptors (Lipinski definition) is 4. The Morgan fingerprint density at radius 2 is 1.89 bits per heavy atom. The van der Waals surface area contributed by atoms with E-state index in [9.17, 15) is 4.79 Å². The lowest BCUT2D eigenvalue weighted by Gasteiger charge is -2.33. The molecule has 2 N–H and O–H groups in total. The highest BCUT2D eigenvalue weighted by atomic mass is 16.6. The van der Waals surface area contributed by atoms with E-state index in [2.05, 4.69) is 0 Å². The summed E-state index contributed by atoms with van der Waals surface area (Å²) < 4.78 is 5.38. The minimum absolute atomic E-state index is 0.0262. The number of rotatable bonds is 4. The van der Waals surface area contributed by atoms with Crippen molar-refractivity contribution in [3.63, 3.8) is 0 Å². The zero-order valence-corrected chi connectivity index (χ0v) is 12.4. The summed E-state index contributed by atoms with van der Waals surface area (Å²) in [7, 11) is 0. The van der Waals surface area contributed by atoms with E-state index >= 15 is 0 Å². The summed E-state index contributed by atoms with van der Waals surface area (Å²) in [6.07, 6.45) is 6.45. The first-order chi connectivity index (χ1) is 8.77.